The third-order valence-corrected chi connectivity index (χ3v) is 2.10. The Morgan fingerprint density at radius 3 is 2.62 bits per heavy atom. The van der Waals surface area contributed by atoms with Crippen molar-refractivity contribution in [2.75, 3.05) is 13.2 Å². The van der Waals surface area contributed by atoms with Crippen LogP contribution in [0, 0.1) is 0 Å². The summed E-state index contributed by atoms with van der Waals surface area (Å²) in [6, 6.07) is 5.22. The minimum Gasteiger partial charge on any atom is -0.396 e. The molecule has 5 heteroatoms. The lowest BCUT2D eigenvalue weighted by Crippen LogP contribution is -2.16. The third-order valence-electron chi connectivity index (χ3n) is 2.10. The minimum absolute atomic E-state index is 0.0790. The van der Waals surface area contributed by atoms with Crippen molar-refractivity contribution in [1.29, 1.82) is 0 Å². The van der Waals surface area contributed by atoms with Gasteiger partial charge in [0.25, 0.3) is 0 Å². The van der Waals surface area contributed by atoms with E-state index in [0.717, 1.165) is 12.1 Å². The van der Waals surface area contributed by atoms with Crippen LogP contribution in [0.25, 0.3) is 0 Å². The van der Waals surface area contributed by atoms with Crippen molar-refractivity contribution in [3.8, 4) is 0 Å². The van der Waals surface area contributed by atoms with Crippen LogP contribution in [-0.4, -0.2) is 18.3 Å². The molecule has 16 heavy (non-hydrogen) atoms. The van der Waals surface area contributed by atoms with E-state index in [1.54, 1.807) is 6.07 Å². The van der Waals surface area contributed by atoms with Crippen LogP contribution in [0.4, 0.5) is 13.2 Å². The molecular weight excluding hydrogens is 219 g/mol. The van der Waals surface area contributed by atoms with Crippen LogP contribution in [-0.2, 0) is 12.7 Å². The second-order valence-corrected chi connectivity index (χ2v) is 3.45. The molecule has 1 rings (SSSR count). The van der Waals surface area contributed by atoms with Crippen LogP contribution < -0.4 is 5.32 Å². The Bertz CT molecular complexity index is 325. The van der Waals surface area contributed by atoms with E-state index >= 15 is 0 Å². The predicted octanol–water partition coefficient (Wildman–Crippen LogP) is 2.18. The lowest BCUT2D eigenvalue weighted by Gasteiger charge is -2.09. The van der Waals surface area contributed by atoms with Crippen LogP contribution in [0.5, 0.6) is 0 Å². The first-order chi connectivity index (χ1) is 7.54. The maximum Gasteiger partial charge on any atom is 0.416 e. The van der Waals surface area contributed by atoms with Crippen molar-refractivity contribution < 1.29 is 18.3 Å². The second-order valence-electron chi connectivity index (χ2n) is 3.45. The highest BCUT2D eigenvalue weighted by atomic mass is 19.4. The average molecular weight is 233 g/mol. The normalized spacial score (nSPS) is 11.8. The summed E-state index contributed by atoms with van der Waals surface area (Å²) in [4.78, 5) is 0. The topological polar surface area (TPSA) is 32.3 Å². The van der Waals surface area contributed by atoms with E-state index in [-0.39, 0.29) is 6.61 Å². The van der Waals surface area contributed by atoms with E-state index < -0.39 is 11.7 Å². The molecular formula is C11H14F3NO. The highest BCUT2D eigenvalue weighted by molar-refractivity contribution is 5.25. The quantitative estimate of drug-likeness (QED) is 0.764. The third kappa shape index (κ3) is 4.20. The monoisotopic (exact) mass is 233 g/mol. The van der Waals surface area contributed by atoms with Gasteiger partial charge in [-0.3, -0.25) is 0 Å². The van der Waals surface area contributed by atoms with E-state index in [1.165, 1.54) is 6.07 Å². The zero-order valence-electron chi connectivity index (χ0n) is 8.72. The Morgan fingerprint density at radius 1 is 1.25 bits per heavy atom. The molecule has 2 N–H and O–H groups in total. The summed E-state index contributed by atoms with van der Waals surface area (Å²) in [5.74, 6) is 0. The highest BCUT2D eigenvalue weighted by Crippen LogP contribution is 2.29. The van der Waals surface area contributed by atoms with Crippen molar-refractivity contribution in [3.63, 3.8) is 0 Å². The summed E-state index contributed by atoms with van der Waals surface area (Å²) >= 11 is 0. The number of halogens is 3. The van der Waals surface area contributed by atoms with E-state index in [9.17, 15) is 13.2 Å². The summed E-state index contributed by atoms with van der Waals surface area (Å²) in [7, 11) is 0. The number of benzene rings is 1. The number of aliphatic hydroxyl groups excluding tert-OH is 1. The first-order valence-electron chi connectivity index (χ1n) is 5.02. The summed E-state index contributed by atoms with van der Waals surface area (Å²) in [6.07, 6.45) is -3.69. The van der Waals surface area contributed by atoms with Crippen LogP contribution >= 0.6 is 0 Å². The molecule has 0 radical (unpaired) electrons. The van der Waals surface area contributed by atoms with Gasteiger partial charge in [0.2, 0.25) is 0 Å². The van der Waals surface area contributed by atoms with Crippen LogP contribution in [0.2, 0.25) is 0 Å². The molecule has 0 bridgehead atoms. The lowest BCUT2D eigenvalue weighted by molar-refractivity contribution is -0.137. The average Bonchev–Trinajstić information content (AvgIpc) is 2.24. The van der Waals surface area contributed by atoms with Gasteiger partial charge in [-0.05, 0) is 24.6 Å². The van der Waals surface area contributed by atoms with Crippen LogP contribution in [0.1, 0.15) is 17.5 Å². The maximum atomic E-state index is 12.4. The molecule has 90 valence electrons. The summed E-state index contributed by atoms with van der Waals surface area (Å²) in [5, 5.41) is 11.5. The fourth-order valence-corrected chi connectivity index (χ4v) is 1.29. The molecule has 0 heterocycles. The number of hydrogen-bond donors (Lipinski definition) is 2. The Labute approximate surface area is 92.1 Å². The molecule has 0 spiro atoms. The molecule has 1 aromatic carbocycles. The minimum atomic E-state index is -4.29. The number of rotatable bonds is 5. The fourth-order valence-electron chi connectivity index (χ4n) is 1.29. The maximum absolute atomic E-state index is 12.4. The molecule has 0 saturated carbocycles. The molecule has 0 aliphatic rings. The molecule has 0 atom stereocenters. The first kappa shape index (κ1) is 13.0. The van der Waals surface area contributed by atoms with Gasteiger partial charge in [-0.2, -0.15) is 13.2 Å². The van der Waals surface area contributed by atoms with Crippen molar-refractivity contribution in [3.05, 3.63) is 35.4 Å². The molecule has 2 nitrogen and oxygen atoms in total. The molecule has 0 aliphatic carbocycles. The number of aliphatic hydroxyl groups is 1. The van der Waals surface area contributed by atoms with Crippen molar-refractivity contribution in [1.82, 2.24) is 5.32 Å². The van der Waals surface area contributed by atoms with Gasteiger partial charge in [0.05, 0.1) is 5.56 Å². The highest BCUT2D eigenvalue weighted by Gasteiger charge is 2.30. The fraction of sp³-hybridized carbons (Fsp3) is 0.455. The van der Waals surface area contributed by atoms with Gasteiger partial charge in [-0.1, -0.05) is 18.2 Å². The molecule has 0 unspecified atom stereocenters. The van der Waals surface area contributed by atoms with Crippen LogP contribution in [0.15, 0.2) is 24.3 Å². The largest absolute Gasteiger partial charge is 0.416 e. The Balaban J connectivity index is 2.54. The first-order valence-corrected chi connectivity index (χ1v) is 5.02. The second kappa shape index (κ2) is 5.86. The molecule has 0 aromatic heterocycles. The smallest absolute Gasteiger partial charge is 0.396 e. The summed E-state index contributed by atoms with van der Waals surface area (Å²) in [6.45, 7) is 1.05. The van der Waals surface area contributed by atoms with E-state index in [4.69, 9.17) is 5.11 Å². The molecule has 0 fully saturated rings. The van der Waals surface area contributed by atoms with Crippen molar-refractivity contribution in [2.45, 2.75) is 19.1 Å². The summed E-state index contributed by atoms with van der Waals surface area (Å²) < 4.78 is 37.1. The van der Waals surface area contributed by atoms with Gasteiger partial charge in [-0.15, -0.1) is 0 Å². The molecule has 1 aromatic rings. The number of hydrogen-bond acceptors (Lipinski definition) is 2. The zero-order valence-corrected chi connectivity index (χ0v) is 8.72. The number of alkyl halides is 3. The summed E-state index contributed by atoms with van der Waals surface area (Å²) in [5.41, 5.74) is -0.0401. The van der Waals surface area contributed by atoms with Crippen molar-refractivity contribution >= 4 is 0 Å². The SMILES string of the molecule is OCCCNCc1cccc(C(F)(F)F)c1. The van der Waals surface area contributed by atoms with E-state index in [0.29, 0.717) is 25.1 Å². The molecule has 0 amide bonds. The Morgan fingerprint density at radius 2 is 2.00 bits per heavy atom. The van der Waals surface area contributed by atoms with Gasteiger partial charge in [0.1, 0.15) is 0 Å². The molecule has 0 aliphatic heterocycles. The van der Waals surface area contributed by atoms with E-state index in [2.05, 4.69) is 5.32 Å². The van der Waals surface area contributed by atoms with Gasteiger partial charge >= 0.3 is 6.18 Å². The number of nitrogens with one attached hydrogen (secondary N) is 1. The van der Waals surface area contributed by atoms with Gasteiger partial charge in [0, 0.05) is 13.2 Å². The van der Waals surface area contributed by atoms with Gasteiger partial charge in [0.15, 0.2) is 0 Å². The van der Waals surface area contributed by atoms with Gasteiger partial charge in [-0.25, -0.2) is 0 Å². The molecule has 0 saturated heterocycles. The zero-order chi connectivity index (χ0) is 12.0. The Hall–Kier alpha value is -1.07. The van der Waals surface area contributed by atoms with Crippen LogP contribution in [0.3, 0.4) is 0 Å². The standard InChI is InChI=1S/C11H14F3NO/c12-11(13,14)10-4-1-3-9(7-10)8-15-5-2-6-16/h1,3-4,7,15-16H,2,5-6,8H2. The lowest BCUT2D eigenvalue weighted by atomic mass is 10.1. The van der Waals surface area contributed by atoms with Gasteiger partial charge < -0.3 is 10.4 Å². The predicted molar refractivity (Wildman–Crippen MR) is 54.9 cm³/mol. The Kier molecular flexibility index (Phi) is 4.76. The van der Waals surface area contributed by atoms with E-state index in [1.807, 2.05) is 0 Å². The van der Waals surface area contributed by atoms with Crippen molar-refractivity contribution in [2.24, 2.45) is 0 Å².